The standard InChI is InChI=1S/C12H16N4O3/c1-2-5-14-9-10(13)16(12(18)15-11(9)17)7-8-4-3-6-19-8/h3-4,6,14H,2,5,7,13H2,1H3,(H,15,17,18). The smallest absolute Gasteiger partial charge is 0.330 e. The third-order valence-corrected chi connectivity index (χ3v) is 2.69. The van der Waals surface area contributed by atoms with E-state index in [0.29, 0.717) is 12.3 Å². The van der Waals surface area contributed by atoms with Crippen LogP contribution in [-0.4, -0.2) is 16.1 Å². The predicted octanol–water partition coefficient (Wildman–Crippen LogP) is 0.582. The van der Waals surface area contributed by atoms with E-state index in [1.165, 1.54) is 10.8 Å². The highest BCUT2D eigenvalue weighted by Gasteiger charge is 2.12. The van der Waals surface area contributed by atoms with Crippen LogP contribution in [0.2, 0.25) is 0 Å². The molecule has 2 aromatic rings. The van der Waals surface area contributed by atoms with Crippen LogP contribution >= 0.6 is 0 Å². The topological polar surface area (TPSA) is 106 Å². The van der Waals surface area contributed by atoms with Crippen LogP contribution in [0.1, 0.15) is 19.1 Å². The van der Waals surface area contributed by atoms with E-state index in [-0.39, 0.29) is 18.1 Å². The highest BCUT2D eigenvalue weighted by Crippen LogP contribution is 2.12. The molecule has 0 saturated carbocycles. The van der Waals surface area contributed by atoms with E-state index in [2.05, 4.69) is 10.3 Å². The minimum Gasteiger partial charge on any atom is -0.467 e. The summed E-state index contributed by atoms with van der Waals surface area (Å²) in [6.07, 6.45) is 2.36. The summed E-state index contributed by atoms with van der Waals surface area (Å²) in [6, 6.07) is 3.45. The van der Waals surface area contributed by atoms with Crippen LogP contribution < -0.4 is 22.3 Å². The van der Waals surface area contributed by atoms with Gasteiger partial charge in [-0.15, -0.1) is 0 Å². The predicted molar refractivity (Wildman–Crippen MR) is 72.3 cm³/mol. The summed E-state index contributed by atoms with van der Waals surface area (Å²) in [5.41, 5.74) is 5.03. The van der Waals surface area contributed by atoms with E-state index < -0.39 is 11.2 Å². The largest absolute Gasteiger partial charge is 0.467 e. The minimum atomic E-state index is -0.555. The molecule has 0 aliphatic heterocycles. The molecule has 0 radical (unpaired) electrons. The first-order chi connectivity index (χ1) is 9.13. The van der Waals surface area contributed by atoms with E-state index in [9.17, 15) is 9.59 Å². The lowest BCUT2D eigenvalue weighted by Gasteiger charge is -2.12. The van der Waals surface area contributed by atoms with Crippen LogP contribution in [0, 0.1) is 0 Å². The Bertz CT molecular complexity index is 655. The molecule has 0 unspecified atom stereocenters. The van der Waals surface area contributed by atoms with E-state index >= 15 is 0 Å². The van der Waals surface area contributed by atoms with Crippen molar-refractivity contribution in [2.45, 2.75) is 19.9 Å². The fourth-order valence-corrected chi connectivity index (χ4v) is 1.72. The number of nitrogens with zero attached hydrogens (tertiary/aromatic N) is 1. The molecule has 0 aliphatic rings. The molecular weight excluding hydrogens is 248 g/mol. The first kappa shape index (κ1) is 13.0. The second-order valence-electron chi connectivity index (χ2n) is 4.11. The molecule has 0 spiro atoms. The lowest BCUT2D eigenvalue weighted by Crippen LogP contribution is -2.34. The van der Waals surface area contributed by atoms with Gasteiger partial charge in [0.1, 0.15) is 17.3 Å². The number of furan rings is 1. The highest BCUT2D eigenvalue weighted by atomic mass is 16.3. The first-order valence-corrected chi connectivity index (χ1v) is 6.02. The average Bonchev–Trinajstić information content (AvgIpc) is 2.87. The van der Waals surface area contributed by atoms with Gasteiger partial charge >= 0.3 is 5.69 Å². The van der Waals surface area contributed by atoms with E-state index in [1.807, 2.05) is 6.92 Å². The van der Waals surface area contributed by atoms with Gasteiger partial charge in [-0.3, -0.25) is 14.3 Å². The molecule has 0 atom stereocenters. The van der Waals surface area contributed by atoms with Gasteiger partial charge in [-0.2, -0.15) is 0 Å². The lowest BCUT2D eigenvalue weighted by atomic mass is 10.4. The molecule has 2 aromatic heterocycles. The molecule has 7 heteroatoms. The van der Waals surface area contributed by atoms with Gasteiger partial charge in [-0.25, -0.2) is 4.79 Å². The Morgan fingerprint density at radius 2 is 2.26 bits per heavy atom. The van der Waals surface area contributed by atoms with Crippen LogP contribution in [0.25, 0.3) is 0 Å². The Hall–Kier alpha value is -2.44. The molecule has 19 heavy (non-hydrogen) atoms. The van der Waals surface area contributed by atoms with Crippen molar-refractivity contribution in [2.75, 3.05) is 17.6 Å². The number of hydrogen-bond acceptors (Lipinski definition) is 5. The van der Waals surface area contributed by atoms with E-state index in [4.69, 9.17) is 10.2 Å². The molecular formula is C12H16N4O3. The molecule has 0 amide bonds. The Morgan fingerprint density at radius 1 is 1.47 bits per heavy atom. The Kier molecular flexibility index (Phi) is 3.74. The number of aromatic nitrogens is 2. The molecule has 0 fully saturated rings. The molecule has 0 aliphatic carbocycles. The van der Waals surface area contributed by atoms with Crippen LogP contribution in [0.5, 0.6) is 0 Å². The van der Waals surface area contributed by atoms with Crippen molar-refractivity contribution < 1.29 is 4.42 Å². The minimum absolute atomic E-state index is 0.110. The number of nitrogens with two attached hydrogens (primary N) is 1. The van der Waals surface area contributed by atoms with Crippen molar-refractivity contribution in [1.29, 1.82) is 0 Å². The first-order valence-electron chi connectivity index (χ1n) is 6.02. The van der Waals surface area contributed by atoms with Crippen molar-refractivity contribution in [2.24, 2.45) is 0 Å². The number of aromatic amines is 1. The average molecular weight is 264 g/mol. The zero-order chi connectivity index (χ0) is 13.8. The van der Waals surface area contributed by atoms with Gasteiger partial charge in [0.2, 0.25) is 0 Å². The summed E-state index contributed by atoms with van der Waals surface area (Å²) in [4.78, 5) is 25.7. The zero-order valence-electron chi connectivity index (χ0n) is 10.6. The lowest BCUT2D eigenvalue weighted by molar-refractivity contribution is 0.489. The van der Waals surface area contributed by atoms with Crippen LogP contribution in [0.3, 0.4) is 0 Å². The molecule has 4 N–H and O–H groups in total. The monoisotopic (exact) mass is 264 g/mol. The SMILES string of the molecule is CCCNc1c(N)n(Cc2ccco2)c(=O)[nH]c1=O. The summed E-state index contributed by atoms with van der Waals surface area (Å²) < 4.78 is 6.43. The van der Waals surface area contributed by atoms with Gasteiger partial charge < -0.3 is 15.5 Å². The Morgan fingerprint density at radius 3 is 2.89 bits per heavy atom. The zero-order valence-corrected chi connectivity index (χ0v) is 10.6. The number of nitrogen functional groups attached to an aromatic ring is 1. The molecule has 0 aromatic carbocycles. The van der Waals surface area contributed by atoms with Gasteiger partial charge in [0.25, 0.3) is 5.56 Å². The highest BCUT2D eigenvalue weighted by molar-refractivity contribution is 5.60. The fourth-order valence-electron chi connectivity index (χ4n) is 1.72. The van der Waals surface area contributed by atoms with Gasteiger partial charge in [0, 0.05) is 6.54 Å². The van der Waals surface area contributed by atoms with Crippen LogP contribution in [0.15, 0.2) is 32.4 Å². The summed E-state index contributed by atoms with van der Waals surface area (Å²) >= 11 is 0. The van der Waals surface area contributed by atoms with Gasteiger partial charge in [-0.05, 0) is 18.6 Å². The van der Waals surface area contributed by atoms with E-state index in [0.717, 1.165) is 6.42 Å². The number of H-pyrrole nitrogens is 1. The molecule has 2 heterocycles. The van der Waals surface area contributed by atoms with Crippen molar-refractivity contribution in [1.82, 2.24) is 9.55 Å². The molecule has 0 bridgehead atoms. The maximum absolute atomic E-state index is 11.8. The van der Waals surface area contributed by atoms with Crippen LogP contribution in [-0.2, 0) is 6.54 Å². The third kappa shape index (κ3) is 2.70. The molecule has 0 saturated heterocycles. The van der Waals surface area contributed by atoms with Crippen molar-refractivity contribution in [3.8, 4) is 0 Å². The van der Waals surface area contributed by atoms with Gasteiger partial charge in [0.05, 0.1) is 12.8 Å². The number of hydrogen-bond donors (Lipinski definition) is 3. The quantitative estimate of drug-likeness (QED) is 0.732. The summed E-state index contributed by atoms with van der Waals surface area (Å²) in [7, 11) is 0. The second kappa shape index (κ2) is 5.47. The Labute approximate surface area is 109 Å². The normalized spacial score (nSPS) is 10.6. The fraction of sp³-hybridized carbons (Fsp3) is 0.333. The maximum Gasteiger partial charge on any atom is 0.330 e. The maximum atomic E-state index is 11.8. The molecule has 7 nitrogen and oxygen atoms in total. The summed E-state index contributed by atoms with van der Waals surface area (Å²) in [6.45, 7) is 2.75. The Balaban J connectivity index is 2.42. The summed E-state index contributed by atoms with van der Waals surface area (Å²) in [5.74, 6) is 0.695. The third-order valence-electron chi connectivity index (χ3n) is 2.69. The molecule has 102 valence electrons. The number of nitrogens with one attached hydrogen (secondary N) is 2. The van der Waals surface area contributed by atoms with Crippen molar-refractivity contribution in [3.05, 3.63) is 45.0 Å². The number of anilines is 2. The van der Waals surface area contributed by atoms with E-state index in [1.54, 1.807) is 12.1 Å². The van der Waals surface area contributed by atoms with Crippen molar-refractivity contribution in [3.63, 3.8) is 0 Å². The van der Waals surface area contributed by atoms with Gasteiger partial charge in [0.15, 0.2) is 0 Å². The van der Waals surface area contributed by atoms with Crippen molar-refractivity contribution >= 4 is 11.5 Å². The second-order valence-corrected chi connectivity index (χ2v) is 4.11. The molecule has 2 rings (SSSR count). The number of rotatable bonds is 5. The summed E-state index contributed by atoms with van der Waals surface area (Å²) in [5, 5.41) is 2.92. The van der Waals surface area contributed by atoms with Gasteiger partial charge in [-0.1, -0.05) is 6.92 Å². The van der Waals surface area contributed by atoms with Crippen LogP contribution in [0.4, 0.5) is 11.5 Å².